The highest BCUT2D eigenvalue weighted by atomic mass is 16.5. The number of hydrogen-bond donors (Lipinski definition) is 1. The third kappa shape index (κ3) is 4.31. The minimum atomic E-state index is -0.0675. The maximum atomic E-state index is 12.3. The number of hydrogen-bond acceptors (Lipinski definition) is 4. The molecule has 138 valence electrons. The molecule has 4 rings (SSSR count). The molecule has 0 spiro atoms. The van der Waals surface area contributed by atoms with Crippen LogP contribution in [0.2, 0.25) is 0 Å². The van der Waals surface area contributed by atoms with Crippen molar-refractivity contribution >= 4 is 11.6 Å². The van der Waals surface area contributed by atoms with Gasteiger partial charge in [-0.05, 0) is 24.3 Å². The standard InChI is InChI=1S/C22H21NO4/c24-22(23-17-7-10-20-21(15-17)26-14-4-13-25-20)12-9-18-8-11-19(27-18)16-5-2-1-3-6-16/h1-3,5-8,10-11,15H,4,9,12-14H2,(H,23,24). The van der Waals surface area contributed by atoms with Crippen molar-refractivity contribution in [1.82, 2.24) is 0 Å². The minimum absolute atomic E-state index is 0.0675. The molecule has 1 aliphatic heterocycles. The number of fused-ring (bicyclic) bond motifs is 1. The lowest BCUT2D eigenvalue weighted by Crippen LogP contribution is -2.12. The van der Waals surface area contributed by atoms with Gasteiger partial charge in [0.25, 0.3) is 0 Å². The lowest BCUT2D eigenvalue weighted by Gasteiger charge is -2.10. The summed E-state index contributed by atoms with van der Waals surface area (Å²) in [6.45, 7) is 1.26. The Morgan fingerprint density at radius 2 is 1.74 bits per heavy atom. The van der Waals surface area contributed by atoms with E-state index in [1.165, 1.54) is 0 Å². The van der Waals surface area contributed by atoms with Crippen LogP contribution in [0.25, 0.3) is 11.3 Å². The summed E-state index contributed by atoms with van der Waals surface area (Å²) in [5, 5.41) is 2.91. The van der Waals surface area contributed by atoms with Gasteiger partial charge in [-0.25, -0.2) is 0 Å². The first-order valence-corrected chi connectivity index (χ1v) is 9.11. The molecular weight excluding hydrogens is 342 g/mol. The number of aryl methyl sites for hydroxylation is 1. The Balaban J connectivity index is 1.34. The zero-order valence-electron chi connectivity index (χ0n) is 14.9. The monoisotopic (exact) mass is 363 g/mol. The number of carbonyl (C=O) groups is 1. The maximum Gasteiger partial charge on any atom is 0.224 e. The van der Waals surface area contributed by atoms with E-state index in [0.29, 0.717) is 37.5 Å². The van der Waals surface area contributed by atoms with E-state index in [4.69, 9.17) is 13.9 Å². The van der Waals surface area contributed by atoms with E-state index < -0.39 is 0 Å². The van der Waals surface area contributed by atoms with Crippen molar-refractivity contribution in [3.8, 4) is 22.8 Å². The summed E-state index contributed by atoms with van der Waals surface area (Å²) in [6.07, 6.45) is 1.74. The molecule has 2 aromatic carbocycles. The Labute approximate surface area is 157 Å². The van der Waals surface area contributed by atoms with Gasteiger partial charge in [0.05, 0.1) is 13.2 Å². The highest BCUT2D eigenvalue weighted by molar-refractivity contribution is 5.91. The van der Waals surface area contributed by atoms with Crippen molar-refractivity contribution in [2.24, 2.45) is 0 Å². The average Bonchev–Trinajstić information content (AvgIpc) is 3.05. The lowest BCUT2D eigenvalue weighted by molar-refractivity contribution is -0.116. The van der Waals surface area contributed by atoms with Gasteiger partial charge in [0.15, 0.2) is 11.5 Å². The van der Waals surface area contributed by atoms with Crippen LogP contribution in [0.3, 0.4) is 0 Å². The van der Waals surface area contributed by atoms with E-state index in [2.05, 4.69) is 5.32 Å². The van der Waals surface area contributed by atoms with Gasteiger partial charge in [0.2, 0.25) is 5.91 Å². The zero-order valence-corrected chi connectivity index (χ0v) is 14.9. The quantitative estimate of drug-likeness (QED) is 0.715. The van der Waals surface area contributed by atoms with Gasteiger partial charge in [-0.1, -0.05) is 30.3 Å². The summed E-state index contributed by atoms with van der Waals surface area (Å²) in [4.78, 5) is 12.3. The summed E-state index contributed by atoms with van der Waals surface area (Å²) < 4.78 is 17.1. The van der Waals surface area contributed by atoms with E-state index in [1.54, 1.807) is 6.07 Å². The van der Waals surface area contributed by atoms with E-state index in [9.17, 15) is 4.79 Å². The first-order valence-electron chi connectivity index (χ1n) is 9.11. The molecule has 1 amide bonds. The highest BCUT2D eigenvalue weighted by Crippen LogP contribution is 2.32. The molecule has 2 heterocycles. The third-order valence-corrected chi connectivity index (χ3v) is 4.35. The Morgan fingerprint density at radius 3 is 2.59 bits per heavy atom. The van der Waals surface area contributed by atoms with Crippen molar-refractivity contribution < 1.29 is 18.7 Å². The molecular formula is C22H21NO4. The third-order valence-electron chi connectivity index (χ3n) is 4.35. The summed E-state index contributed by atoms with van der Waals surface area (Å²) in [5.74, 6) is 2.93. The smallest absolute Gasteiger partial charge is 0.224 e. The van der Waals surface area contributed by atoms with E-state index in [-0.39, 0.29) is 5.91 Å². The molecule has 0 saturated carbocycles. The Hall–Kier alpha value is -3.21. The van der Waals surface area contributed by atoms with Crippen LogP contribution in [-0.4, -0.2) is 19.1 Å². The normalized spacial score (nSPS) is 13.0. The van der Waals surface area contributed by atoms with Crippen LogP contribution in [0.15, 0.2) is 65.1 Å². The predicted molar refractivity (Wildman–Crippen MR) is 103 cm³/mol. The van der Waals surface area contributed by atoms with Crippen molar-refractivity contribution in [1.29, 1.82) is 0 Å². The average molecular weight is 363 g/mol. The molecule has 3 aromatic rings. The number of carbonyl (C=O) groups excluding carboxylic acids is 1. The first kappa shape index (κ1) is 17.2. The Morgan fingerprint density at radius 1 is 0.926 bits per heavy atom. The van der Waals surface area contributed by atoms with Crippen LogP contribution in [-0.2, 0) is 11.2 Å². The predicted octanol–water partition coefficient (Wildman–Crippen LogP) is 4.68. The molecule has 0 radical (unpaired) electrons. The summed E-state index contributed by atoms with van der Waals surface area (Å²) in [6, 6.07) is 19.2. The number of nitrogens with one attached hydrogen (secondary N) is 1. The van der Waals surface area contributed by atoms with Gasteiger partial charge < -0.3 is 19.2 Å². The van der Waals surface area contributed by atoms with Crippen LogP contribution >= 0.6 is 0 Å². The topological polar surface area (TPSA) is 60.7 Å². The molecule has 5 nitrogen and oxygen atoms in total. The molecule has 27 heavy (non-hydrogen) atoms. The molecule has 0 saturated heterocycles. The SMILES string of the molecule is O=C(CCc1ccc(-c2ccccc2)o1)Nc1ccc2c(c1)OCCCO2. The van der Waals surface area contributed by atoms with Gasteiger partial charge in [0, 0.05) is 36.6 Å². The molecule has 1 aromatic heterocycles. The van der Waals surface area contributed by atoms with Gasteiger partial charge in [-0.3, -0.25) is 4.79 Å². The molecule has 1 aliphatic rings. The van der Waals surface area contributed by atoms with Crippen LogP contribution in [0.5, 0.6) is 11.5 Å². The zero-order chi connectivity index (χ0) is 18.5. The molecule has 0 aliphatic carbocycles. The summed E-state index contributed by atoms with van der Waals surface area (Å²) in [7, 11) is 0. The van der Waals surface area contributed by atoms with Gasteiger partial charge in [0.1, 0.15) is 11.5 Å². The lowest BCUT2D eigenvalue weighted by atomic mass is 10.2. The second-order valence-electron chi connectivity index (χ2n) is 6.39. The molecule has 1 N–H and O–H groups in total. The molecule has 5 heteroatoms. The minimum Gasteiger partial charge on any atom is -0.490 e. The van der Waals surface area contributed by atoms with Crippen molar-refractivity contribution in [3.63, 3.8) is 0 Å². The summed E-state index contributed by atoms with van der Waals surface area (Å²) >= 11 is 0. The number of benzene rings is 2. The van der Waals surface area contributed by atoms with Crippen LogP contribution in [0.1, 0.15) is 18.6 Å². The molecule has 0 bridgehead atoms. The highest BCUT2D eigenvalue weighted by Gasteiger charge is 2.12. The van der Waals surface area contributed by atoms with Crippen LogP contribution in [0, 0.1) is 0 Å². The largest absolute Gasteiger partial charge is 0.490 e. The van der Waals surface area contributed by atoms with Gasteiger partial charge in [-0.15, -0.1) is 0 Å². The van der Waals surface area contributed by atoms with Crippen molar-refractivity contribution in [2.45, 2.75) is 19.3 Å². The van der Waals surface area contributed by atoms with E-state index >= 15 is 0 Å². The number of ether oxygens (including phenoxy) is 2. The first-order chi connectivity index (χ1) is 13.3. The Bertz CT molecular complexity index is 917. The molecule has 0 fully saturated rings. The van der Waals surface area contributed by atoms with Gasteiger partial charge in [-0.2, -0.15) is 0 Å². The van der Waals surface area contributed by atoms with Crippen molar-refractivity contribution in [2.75, 3.05) is 18.5 Å². The molecule has 0 unspecified atom stereocenters. The maximum absolute atomic E-state index is 12.3. The van der Waals surface area contributed by atoms with Crippen LogP contribution < -0.4 is 14.8 Å². The number of rotatable bonds is 5. The number of furan rings is 1. The van der Waals surface area contributed by atoms with Crippen LogP contribution in [0.4, 0.5) is 5.69 Å². The van der Waals surface area contributed by atoms with Gasteiger partial charge >= 0.3 is 0 Å². The second kappa shape index (κ2) is 7.99. The number of anilines is 1. The fraction of sp³-hybridized carbons (Fsp3) is 0.227. The second-order valence-corrected chi connectivity index (χ2v) is 6.39. The van der Waals surface area contributed by atoms with E-state index in [1.807, 2.05) is 54.6 Å². The number of amides is 1. The summed E-state index contributed by atoms with van der Waals surface area (Å²) in [5.41, 5.74) is 1.73. The van der Waals surface area contributed by atoms with Crippen molar-refractivity contribution in [3.05, 3.63) is 66.4 Å². The molecule has 0 atom stereocenters. The van der Waals surface area contributed by atoms with E-state index in [0.717, 1.165) is 29.3 Å². The fourth-order valence-electron chi connectivity index (χ4n) is 2.97. The fourth-order valence-corrected chi connectivity index (χ4v) is 2.97. The Kier molecular flexibility index (Phi) is 5.10.